The molecule has 0 bridgehead atoms. The predicted molar refractivity (Wildman–Crippen MR) is 85.1 cm³/mol. The first kappa shape index (κ1) is 21.7. The van der Waals surface area contributed by atoms with E-state index in [0.29, 0.717) is 5.92 Å². The van der Waals surface area contributed by atoms with Crippen LogP contribution in [0.15, 0.2) is 0 Å². The molecular weight excluding hydrogens is 353 g/mol. The van der Waals surface area contributed by atoms with Crippen molar-refractivity contribution in [2.75, 3.05) is 7.05 Å². The maximum absolute atomic E-state index is 11.7. The van der Waals surface area contributed by atoms with Crippen molar-refractivity contribution in [2.24, 2.45) is 11.8 Å². The van der Waals surface area contributed by atoms with Crippen LogP contribution < -0.4 is 0 Å². The number of nitrogens with zero attached hydrogens (tertiary/aromatic N) is 4. The van der Waals surface area contributed by atoms with Gasteiger partial charge < -0.3 is 17.0 Å². The van der Waals surface area contributed by atoms with Crippen molar-refractivity contribution in [3.05, 3.63) is 23.6 Å². The molecule has 0 aromatic carbocycles. The number of carbonyl (C=O) groups excluding carboxylic acids is 1. The number of amides is 1. The molecule has 1 radical (unpaired) electrons. The van der Waals surface area contributed by atoms with Gasteiger partial charge in [-0.3, -0.25) is 0 Å². The van der Waals surface area contributed by atoms with Gasteiger partial charge in [-0.15, -0.1) is 12.1 Å². The van der Waals surface area contributed by atoms with Crippen LogP contribution in [0.1, 0.15) is 63.9 Å². The largest absolute Gasteiger partial charge is 0.656 e. The molecule has 123 valence electrons. The molecule has 1 aromatic heterocycles. The molecule has 0 spiro atoms. The Labute approximate surface area is 159 Å². The minimum Gasteiger partial charge on any atom is -0.656 e. The third-order valence-corrected chi connectivity index (χ3v) is 4.44. The van der Waals surface area contributed by atoms with Gasteiger partial charge >= 0.3 is 0 Å². The van der Waals surface area contributed by atoms with Crippen LogP contribution in [0.5, 0.6) is 0 Å². The van der Waals surface area contributed by atoms with Crippen LogP contribution in [-0.2, 0) is 37.5 Å². The Morgan fingerprint density at radius 1 is 1.36 bits per heavy atom. The smallest absolute Gasteiger partial charge is 0.0887 e. The van der Waals surface area contributed by atoms with Crippen LogP contribution in [0.25, 0.3) is 5.32 Å². The van der Waals surface area contributed by atoms with E-state index < -0.39 is 0 Å². The first-order chi connectivity index (χ1) is 9.95. The molecule has 1 fully saturated rings. The Balaban J connectivity index is 0.00000141. The fourth-order valence-electron chi connectivity index (χ4n) is 2.86. The van der Waals surface area contributed by atoms with E-state index in [4.69, 9.17) is 0 Å². The van der Waals surface area contributed by atoms with Crippen molar-refractivity contribution in [1.29, 1.82) is 0 Å². The molecular formula is C16H28N4OY-2. The molecule has 1 aliphatic carbocycles. The average Bonchev–Trinajstić information content (AvgIpc) is 2.85. The van der Waals surface area contributed by atoms with Crippen molar-refractivity contribution in [3.63, 3.8) is 0 Å². The predicted octanol–water partition coefficient (Wildman–Crippen LogP) is 3.67. The molecule has 0 N–H and O–H groups in total. The van der Waals surface area contributed by atoms with Gasteiger partial charge in [-0.1, -0.05) is 19.1 Å². The molecule has 2 rings (SSSR count). The first-order valence-corrected chi connectivity index (χ1v) is 7.71. The van der Waals surface area contributed by atoms with Gasteiger partial charge in [-0.25, -0.2) is 4.68 Å². The molecule has 0 saturated heterocycles. The zero-order valence-corrected chi connectivity index (χ0v) is 17.5. The maximum Gasteiger partial charge on any atom is 0.0887 e. The van der Waals surface area contributed by atoms with Crippen LogP contribution in [0, 0.1) is 25.7 Å². The first-order valence-electron chi connectivity index (χ1n) is 7.71. The van der Waals surface area contributed by atoms with Gasteiger partial charge in [0.15, 0.2) is 0 Å². The fourth-order valence-corrected chi connectivity index (χ4v) is 2.86. The summed E-state index contributed by atoms with van der Waals surface area (Å²) in [5, 5.41) is 12.3. The summed E-state index contributed by atoms with van der Waals surface area (Å²) >= 11 is 0. The molecule has 5 nitrogen and oxygen atoms in total. The quantitative estimate of drug-likeness (QED) is 0.748. The SMILES string of the molecule is C[N-]C(=O)C(C)C(C)n1nnc(C2CC(C)C2)c1C.[CH2-]C.[Y]. The molecule has 22 heavy (non-hydrogen) atoms. The number of rotatable bonds is 4. The standard InChI is InChI=1S/C14H24N4O.C2H5.Y/c1-8-6-12(7-8)13-11(4)18(17-16-13)10(3)9(2)14(19)15-5;1-2;/h8-10,12H,6-7H2,1-5H3,(H,15,19);1H2,2H3;/q;-1;/p-1. The Kier molecular flexibility index (Phi) is 9.64. The van der Waals surface area contributed by atoms with E-state index in [0.717, 1.165) is 17.3 Å². The number of carbonyl (C=O) groups is 1. The zero-order chi connectivity index (χ0) is 16.2. The zero-order valence-electron chi connectivity index (χ0n) is 14.7. The summed E-state index contributed by atoms with van der Waals surface area (Å²) in [5.41, 5.74) is 2.21. The fraction of sp³-hybridized carbons (Fsp3) is 0.750. The van der Waals surface area contributed by atoms with E-state index in [1.807, 2.05) is 18.5 Å². The third-order valence-electron chi connectivity index (χ3n) is 4.44. The van der Waals surface area contributed by atoms with Gasteiger partial charge in [0.05, 0.1) is 23.3 Å². The topological polar surface area (TPSA) is 61.9 Å². The molecule has 1 saturated carbocycles. The van der Waals surface area contributed by atoms with Gasteiger partial charge in [0.25, 0.3) is 0 Å². The normalized spacial score (nSPS) is 22.3. The van der Waals surface area contributed by atoms with Crippen molar-refractivity contribution < 1.29 is 37.5 Å². The minimum absolute atomic E-state index is 0. The van der Waals surface area contributed by atoms with Gasteiger partial charge in [-0.05, 0) is 32.6 Å². The molecule has 2 atom stereocenters. The van der Waals surface area contributed by atoms with E-state index in [-0.39, 0.29) is 50.6 Å². The van der Waals surface area contributed by atoms with Crippen LogP contribution in [-0.4, -0.2) is 27.9 Å². The van der Waals surface area contributed by atoms with Crippen molar-refractivity contribution >= 4 is 5.91 Å². The van der Waals surface area contributed by atoms with Crippen LogP contribution >= 0.6 is 0 Å². The molecule has 1 heterocycles. The van der Waals surface area contributed by atoms with Crippen LogP contribution in [0.4, 0.5) is 0 Å². The van der Waals surface area contributed by atoms with Crippen molar-refractivity contribution in [1.82, 2.24) is 15.0 Å². The monoisotopic (exact) mass is 381 g/mol. The van der Waals surface area contributed by atoms with Gasteiger partial charge in [0.2, 0.25) is 0 Å². The Morgan fingerprint density at radius 3 is 2.36 bits per heavy atom. The Morgan fingerprint density at radius 2 is 1.91 bits per heavy atom. The van der Waals surface area contributed by atoms with E-state index in [1.54, 1.807) is 14.0 Å². The minimum atomic E-state index is -0.168. The second-order valence-corrected chi connectivity index (χ2v) is 5.87. The van der Waals surface area contributed by atoms with Crippen LogP contribution in [0.2, 0.25) is 0 Å². The molecule has 1 aliphatic rings. The van der Waals surface area contributed by atoms with Crippen LogP contribution in [0.3, 0.4) is 0 Å². The summed E-state index contributed by atoms with van der Waals surface area (Å²) in [7, 11) is 1.54. The summed E-state index contributed by atoms with van der Waals surface area (Å²) < 4.78 is 1.88. The Hall–Kier alpha value is -0.286. The molecule has 0 aliphatic heterocycles. The summed E-state index contributed by atoms with van der Waals surface area (Å²) in [6, 6.07) is -0.00468. The summed E-state index contributed by atoms with van der Waals surface area (Å²) in [6.45, 7) is 13.2. The van der Waals surface area contributed by atoms with Gasteiger partial charge in [0, 0.05) is 44.5 Å². The molecule has 2 unspecified atom stereocenters. The maximum atomic E-state index is 11.7. The average molecular weight is 381 g/mol. The summed E-state index contributed by atoms with van der Waals surface area (Å²) in [5.74, 6) is 1.10. The van der Waals surface area contributed by atoms with E-state index in [9.17, 15) is 4.79 Å². The van der Waals surface area contributed by atoms with Crippen molar-refractivity contribution in [2.45, 2.75) is 59.4 Å². The Bertz CT molecular complexity index is 469. The molecule has 6 heteroatoms. The van der Waals surface area contributed by atoms with E-state index >= 15 is 0 Å². The van der Waals surface area contributed by atoms with E-state index in [2.05, 4.69) is 36.4 Å². The van der Waals surface area contributed by atoms with Gasteiger partial charge in [-0.2, -0.15) is 6.92 Å². The van der Waals surface area contributed by atoms with Crippen molar-refractivity contribution in [3.8, 4) is 0 Å². The van der Waals surface area contributed by atoms with Gasteiger partial charge in [0.1, 0.15) is 0 Å². The molecule has 1 amide bonds. The number of hydrogen-bond donors (Lipinski definition) is 0. The van der Waals surface area contributed by atoms with E-state index in [1.165, 1.54) is 12.8 Å². The summed E-state index contributed by atoms with van der Waals surface area (Å²) in [4.78, 5) is 11.7. The molecule has 1 aromatic rings. The summed E-state index contributed by atoms with van der Waals surface area (Å²) in [6.07, 6.45) is 2.40. The third kappa shape index (κ3) is 4.61. The number of hydrogen-bond acceptors (Lipinski definition) is 3. The second kappa shape index (κ2) is 9.76. The number of aromatic nitrogens is 3. The second-order valence-electron chi connectivity index (χ2n) is 5.87.